The van der Waals surface area contributed by atoms with Crippen LogP contribution in [0.5, 0.6) is 0 Å². The van der Waals surface area contributed by atoms with Crippen LogP contribution in [-0.2, 0) is 9.53 Å². The molecule has 2 unspecified atom stereocenters. The summed E-state index contributed by atoms with van der Waals surface area (Å²) in [6.07, 6.45) is 0.572. The van der Waals surface area contributed by atoms with Crippen LogP contribution in [-0.4, -0.2) is 60.4 Å². The quantitative estimate of drug-likeness (QED) is 0.633. The minimum atomic E-state index is -0.881. The van der Waals surface area contributed by atoms with Crippen molar-refractivity contribution in [2.75, 3.05) is 26.8 Å². The molecule has 0 aromatic carbocycles. The molecule has 0 saturated heterocycles. The summed E-state index contributed by atoms with van der Waals surface area (Å²) in [5, 5.41) is 12.6. The van der Waals surface area contributed by atoms with Crippen LogP contribution in [0, 0.1) is 0 Å². The smallest absolute Gasteiger partial charge is 0.323 e. The van der Waals surface area contributed by atoms with Crippen molar-refractivity contribution in [3.63, 3.8) is 0 Å². The van der Waals surface area contributed by atoms with E-state index in [2.05, 4.69) is 24.1 Å². The predicted octanol–water partition coefficient (Wildman–Crippen LogP) is 1.57. The maximum absolute atomic E-state index is 11.4. The van der Waals surface area contributed by atoms with Crippen LogP contribution in [0.25, 0.3) is 0 Å². The molecule has 0 aliphatic carbocycles. The Morgan fingerprint density at radius 1 is 1.42 bits per heavy atom. The van der Waals surface area contributed by atoms with Crippen molar-refractivity contribution in [1.82, 2.24) is 10.2 Å². The average molecular weight is 274 g/mol. The van der Waals surface area contributed by atoms with Crippen molar-refractivity contribution < 1.29 is 14.6 Å². The molecule has 0 bridgehead atoms. The molecule has 0 spiro atoms. The van der Waals surface area contributed by atoms with Crippen molar-refractivity contribution in [2.24, 2.45) is 0 Å². The van der Waals surface area contributed by atoms with E-state index in [4.69, 9.17) is 4.74 Å². The van der Waals surface area contributed by atoms with Gasteiger partial charge in [-0.2, -0.15) is 0 Å². The Morgan fingerprint density at radius 2 is 2.00 bits per heavy atom. The highest BCUT2D eigenvalue weighted by Gasteiger charge is 2.33. The minimum Gasteiger partial charge on any atom is -0.480 e. The SMILES string of the molecule is CCN(CCC(C)(NC(C)C)C(=O)O)C(C)COC. The standard InChI is InChI=1S/C14H30N2O3/c1-7-16(12(4)10-19-6)9-8-14(5,13(17)18)15-11(2)3/h11-12,15H,7-10H2,1-6H3,(H,17,18). The van der Waals surface area contributed by atoms with Gasteiger partial charge in [-0.15, -0.1) is 0 Å². The summed E-state index contributed by atoms with van der Waals surface area (Å²) < 4.78 is 5.16. The van der Waals surface area contributed by atoms with E-state index in [-0.39, 0.29) is 6.04 Å². The van der Waals surface area contributed by atoms with Crippen LogP contribution < -0.4 is 5.32 Å². The molecule has 114 valence electrons. The maximum atomic E-state index is 11.4. The molecule has 0 rings (SSSR count). The summed E-state index contributed by atoms with van der Waals surface area (Å²) in [7, 11) is 1.69. The van der Waals surface area contributed by atoms with Crippen LogP contribution in [0.4, 0.5) is 0 Å². The topological polar surface area (TPSA) is 61.8 Å². The lowest BCUT2D eigenvalue weighted by atomic mass is 9.96. The van der Waals surface area contributed by atoms with E-state index < -0.39 is 11.5 Å². The molecule has 5 heteroatoms. The average Bonchev–Trinajstić information content (AvgIpc) is 2.28. The Balaban J connectivity index is 4.56. The van der Waals surface area contributed by atoms with E-state index in [1.54, 1.807) is 14.0 Å². The third-order valence-electron chi connectivity index (χ3n) is 3.42. The van der Waals surface area contributed by atoms with E-state index >= 15 is 0 Å². The maximum Gasteiger partial charge on any atom is 0.323 e. The van der Waals surface area contributed by atoms with Crippen molar-refractivity contribution >= 4 is 5.97 Å². The number of rotatable bonds is 10. The summed E-state index contributed by atoms with van der Waals surface area (Å²) in [4.78, 5) is 13.7. The normalized spacial score (nSPS) is 16.6. The highest BCUT2D eigenvalue weighted by atomic mass is 16.5. The van der Waals surface area contributed by atoms with Gasteiger partial charge in [0.15, 0.2) is 0 Å². The van der Waals surface area contributed by atoms with Crippen LogP contribution in [0.15, 0.2) is 0 Å². The van der Waals surface area contributed by atoms with Gasteiger partial charge in [0.1, 0.15) is 5.54 Å². The van der Waals surface area contributed by atoms with Crippen LogP contribution in [0.3, 0.4) is 0 Å². The lowest BCUT2D eigenvalue weighted by molar-refractivity contribution is -0.145. The molecule has 0 fully saturated rings. The summed E-state index contributed by atoms with van der Waals surface area (Å²) >= 11 is 0. The lowest BCUT2D eigenvalue weighted by Gasteiger charge is -2.33. The molecule has 19 heavy (non-hydrogen) atoms. The molecule has 0 aromatic rings. The molecular formula is C14H30N2O3. The van der Waals surface area contributed by atoms with Gasteiger partial charge in [0.25, 0.3) is 0 Å². The summed E-state index contributed by atoms with van der Waals surface area (Å²) in [6.45, 7) is 12.2. The highest BCUT2D eigenvalue weighted by molar-refractivity contribution is 5.78. The number of nitrogens with one attached hydrogen (secondary N) is 1. The van der Waals surface area contributed by atoms with Gasteiger partial charge in [0.2, 0.25) is 0 Å². The Morgan fingerprint density at radius 3 is 2.37 bits per heavy atom. The fourth-order valence-corrected chi connectivity index (χ4v) is 2.28. The van der Waals surface area contributed by atoms with Crippen LogP contribution in [0.1, 0.15) is 41.0 Å². The van der Waals surface area contributed by atoms with Gasteiger partial charge in [-0.05, 0) is 40.7 Å². The molecule has 0 radical (unpaired) electrons. The molecule has 0 heterocycles. The molecular weight excluding hydrogens is 244 g/mol. The fraction of sp³-hybridized carbons (Fsp3) is 0.929. The minimum absolute atomic E-state index is 0.146. The zero-order valence-corrected chi connectivity index (χ0v) is 13.2. The number of hydrogen-bond acceptors (Lipinski definition) is 4. The second-order valence-electron chi connectivity index (χ2n) is 5.62. The summed E-state index contributed by atoms with van der Waals surface area (Å²) in [5.41, 5.74) is -0.881. The molecule has 0 aromatic heterocycles. The first-order valence-electron chi connectivity index (χ1n) is 7.00. The fourth-order valence-electron chi connectivity index (χ4n) is 2.28. The first-order chi connectivity index (χ1) is 8.76. The largest absolute Gasteiger partial charge is 0.480 e. The third kappa shape index (κ3) is 6.36. The van der Waals surface area contributed by atoms with Gasteiger partial charge < -0.3 is 9.84 Å². The monoisotopic (exact) mass is 274 g/mol. The zero-order chi connectivity index (χ0) is 15.1. The van der Waals surface area contributed by atoms with Crippen molar-refractivity contribution in [1.29, 1.82) is 0 Å². The Labute approximate surface area is 117 Å². The second-order valence-corrected chi connectivity index (χ2v) is 5.62. The van der Waals surface area contributed by atoms with E-state index in [1.807, 2.05) is 13.8 Å². The number of carbonyl (C=O) groups is 1. The van der Waals surface area contributed by atoms with Crippen molar-refractivity contribution in [2.45, 2.75) is 58.7 Å². The molecule has 0 saturated carbocycles. The predicted molar refractivity (Wildman–Crippen MR) is 77.5 cm³/mol. The molecule has 0 aliphatic rings. The molecule has 2 N–H and O–H groups in total. The number of ether oxygens (including phenoxy) is 1. The zero-order valence-electron chi connectivity index (χ0n) is 13.2. The third-order valence-corrected chi connectivity index (χ3v) is 3.42. The summed E-state index contributed by atoms with van der Waals surface area (Å²) in [6, 6.07) is 0.444. The molecule has 0 aliphatic heterocycles. The number of nitrogens with zero attached hydrogens (tertiary/aromatic N) is 1. The lowest BCUT2D eigenvalue weighted by Crippen LogP contribution is -2.54. The van der Waals surface area contributed by atoms with E-state index in [9.17, 15) is 9.90 Å². The first kappa shape index (κ1) is 18.4. The molecule has 0 amide bonds. The highest BCUT2D eigenvalue weighted by Crippen LogP contribution is 2.14. The van der Waals surface area contributed by atoms with Gasteiger partial charge in [-0.25, -0.2) is 0 Å². The number of aliphatic carboxylic acids is 1. The number of carboxylic acid groups (broad SMARTS) is 1. The van der Waals surface area contributed by atoms with Gasteiger partial charge >= 0.3 is 5.97 Å². The molecule has 5 nitrogen and oxygen atoms in total. The first-order valence-corrected chi connectivity index (χ1v) is 7.00. The van der Waals surface area contributed by atoms with E-state index in [1.165, 1.54) is 0 Å². The number of hydrogen-bond donors (Lipinski definition) is 2. The van der Waals surface area contributed by atoms with Gasteiger partial charge in [0, 0.05) is 25.7 Å². The van der Waals surface area contributed by atoms with E-state index in [0.717, 1.165) is 13.1 Å². The van der Waals surface area contributed by atoms with Crippen molar-refractivity contribution in [3.05, 3.63) is 0 Å². The van der Waals surface area contributed by atoms with E-state index in [0.29, 0.717) is 19.1 Å². The van der Waals surface area contributed by atoms with Crippen LogP contribution >= 0.6 is 0 Å². The number of methoxy groups -OCH3 is 1. The van der Waals surface area contributed by atoms with Gasteiger partial charge in [0.05, 0.1) is 6.61 Å². The molecule has 2 atom stereocenters. The van der Waals surface area contributed by atoms with Gasteiger partial charge in [-0.3, -0.25) is 15.0 Å². The summed E-state index contributed by atoms with van der Waals surface area (Å²) in [5.74, 6) is -0.795. The second kappa shape index (κ2) is 8.51. The van der Waals surface area contributed by atoms with Crippen LogP contribution in [0.2, 0.25) is 0 Å². The Kier molecular flexibility index (Phi) is 8.22. The van der Waals surface area contributed by atoms with Gasteiger partial charge in [-0.1, -0.05) is 6.92 Å². The Bertz CT molecular complexity index is 271. The number of likely N-dealkylation sites (N-methyl/N-ethyl adjacent to an activating group) is 1. The Hall–Kier alpha value is -0.650. The van der Waals surface area contributed by atoms with Crippen molar-refractivity contribution in [3.8, 4) is 0 Å². The number of carboxylic acids is 1.